The molecule has 2 heterocycles. The van der Waals surface area contributed by atoms with Gasteiger partial charge in [0, 0.05) is 5.92 Å². The molecule has 2 aromatic rings. The SMILES string of the molecule is CC(C)C(=O)Nc1cn(CC(=O)NCc2ccco2)nn1. The summed E-state index contributed by atoms with van der Waals surface area (Å²) in [5.41, 5.74) is 0. The highest BCUT2D eigenvalue weighted by Crippen LogP contribution is 2.03. The largest absolute Gasteiger partial charge is 0.467 e. The van der Waals surface area contributed by atoms with E-state index in [1.165, 1.54) is 10.9 Å². The van der Waals surface area contributed by atoms with Crippen molar-refractivity contribution >= 4 is 17.6 Å². The number of rotatable bonds is 6. The van der Waals surface area contributed by atoms with Crippen molar-refractivity contribution in [3.8, 4) is 0 Å². The number of hydrogen-bond acceptors (Lipinski definition) is 5. The second kappa shape index (κ2) is 6.69. The number of furan rings is 1. The monoisotopic (exact) mass is 291 g/mol. The van der Waals surface area contributed by atoms with Gasteiger partial charge >= 0.3 is 0 Å². The molecular formula is C13H17N5O3. The van der Waals surface area contributed by atoms with Crippen LogP contribution in [0.1, 0.15) is 19.6 Å². The molecule has 0 aliphatic rings. The maximum atomic E-state index is 11.7. The zero-order valence-electron chi connectivity index (χ0n) is 11.9. The van der Waals surface area contributed by atoms with Crippen molar-refractivity contribution in [1.29, 1.82) is 0 Å². The predicted octanol–water partition coefficient (Wildman–Crippen LogP) is 0.782. The molecule has 0 aliphatic carbocycles. The molecule has 8 heteroatoms. The average molecular weight is 291 g/mol. The summed E-state index contributed by atoms with van der Waals surface area (Å²) in [6.45, 7) is 3.90. The van der Waals surface area contributed by atoms with Gasteiger partial charge in [0.25, 0.3) is 0 Å². The van der Waals surface area contributed by atoms with Gasteiger partial charge in [-0.15, -0.1) is 5.10 Å². The van der Waals surface area contributed by atoms with Gasteiger partial charge in [-0.05, 0) is 12.1 Å². The van der Waals surface area contributed by atoms with Gasteiger partial charge in [0.05, 0.1) is 19.0 Å². The summed E-state index contributed by atoms with van der Waals surface area (Å²) in [6.07, 6.45) is 3.05. The van der Waals surface area contributed by atoms with Crippen LogP contribution in [0, 0.1) is 5.92 Å². The summed E-state index contributed by atoms with van der Waals surface area (Å²) in [5, 5.41) is 12.9. The Morgan fingerprint density at radius 2 is 2.24 bits per heavy atom. The van der Waals surface area contributed by atoms with Crippen LogP contribution in [-0.4, -0.2) is 26.8 Å². The van der Waals surface area contributed by atoms with Crippen molar-refractivity contribution in [2.75, 3.05) is 5.32 Å². The van der Waals surface area contributed by atoms with E-state index in [1.54, 1.807) is 32.2 Å². The molecule has 0 unspecified atom stereocenters. The molecule has 8 nitrogen and oxygen atoms in total. The number of carbonyl (C=O) groups is 2. The zero-order valence-corrected chi connectivity index (χ0v) is 11.9. The first-order valence-corrected chi connectivity index (χ1v) is 6.54. The lowest BCUT2D eigenvalue weighted by atomic mass is 10.2. The van der Waals surface area contributed by atoms with Crippen molar-refractivity contribution in [3.63, 3.8) is 0 Å². The zero-order chi connectivity index (χ0) is 15.2. The van der Waals surface area contributed by atoms with Crippen molar-refractivity contribution in [3.05, 3.63) is 30.4 Å². The van der Waals surface area contributed by atoms with Crippen LogP contribution >= 0.6 is 0 Å². The molecule has 21 heavy (non-hydrogen) atoms. The normalized spacial score (nSPS) is 10.6. The minimum Gasteiger partial charge on any atom is -0.467 e. The molecule has 0 aromatic carbocycles. The molecule has 2 rings (SSSR count). The van der Waals surface area contributed by atoms with E-state index in [0.717, 1.165) is 0 Å². The summed E-state index contributed by atoms with van der Waals surface area (Å²) < 4.78 is 6.46. The Balaban J connectivity index is 1.81. The van der Waals surface area contributed by atoms with Crippen LogP contribution in [0.25, 0.3) is 0 Å². The number of carbonyl (C=O) groups excluding carboxylic acids is 2. The highest BCUT2D eigenvalue weighted by atomic mass is 16.3. The van der Waals surface area contributed by atoms with Crippen molar-refractivity contribution < 1.29 is 14.0 Å². The summed E-state index contributed by atoms with van der Waals surface area (Å²) in [5.74, 6) is 0.480. The van der Waals surface area contributed by atoms with Gasteiger partial charge in [-0.2, -0.15) is 0 Å². The number of nitrogens with one attached hydrogen (secondary N) is 2. The Bertz CT molecular complexity index is 603. The number of aromatic nitrogens is 3. The molecule has 0 fully saturated rings. The molecule has 0 saturated heterocycles. The molecule has 2 N–H and O–H groups in total. The van der Waals surface area contributed by atoms with Crippen LogP contribution < -0.4 is 10.6 Å². The molecule has 2 aromatic heterocycles. The maximum absolute atomic E-state index is 11.7. The van der Waals surface area contributed by atoms with Crippen molar-refractivity contribution in [2.24, 2.45) is 5.92 Å². The molecule has 2 amide bonds. The molecule has 0 radical (unpaired) electrons. The molecule has 0 saturated carbocycles. The fourth-order valence-electron chi connectivity index (χ4n) is 1.51. The maximum Gasteiger partial charge on any atom is 0.242 e. The quantitative estimate of drug-likeness (QED) is 0.819. The third-order valence-corrected chi connectivity index (χ3v) is 2.66. The van der Waals surface area contributed by atoms with Gasteiger partial charge in [0.2, 0.25) is 11.8 Å². The van der Waals surface area contributed by atoms with E-state index in [1.807, 2.05) is 0 Å². The van der Waals surface area contributed by atoms with E-state index in [4.69, 9.17) is 4.42 Å². The Kier molecular flexibility index (Phi) is 4.70. The highest BCUT2D eigenvalue weighted by Gasteiger charge is 2.11. The van der Waals surface area contributed by atoms with E-state index in [2.05, 4.69) is 20.9 Å². The van der Waals surface area contributed by atoms with E-state index in [9.17, 15) is 9.59 Å². The van der Waals surface area contributed by atoms with E-state index < -0.39 is 0 Å². The number of anilines is 1. The Morgan fingerprint density at radius 3 is 2.90 bits per heavy atom. The number of nitrogens with zero attached hydrogens (tertiary/aromatic N) is 3. The van der Waals surface area contributed by atoms with Crippen LogP contribution in [-0.2, 0) is 22.7 Å². The lowest BCUT2D eigenvalue weighted by molar-refractivity contribution is -0.122. The van der Waals surface area contributed by atoms with Crippen LogP contribution in [0.5, 0.6) is 0 Å². The molecule has 0 aliphatic heterocycles. The first-order chi connectivity index (χ1) is 10.0. The lowest BCUT2D eigenvalue weighted by Crippen LogP contribution is -2.27. The second-order valence-corrected chi connectivity index (χ2v) is 4.80. The fraction of sp³-hybridized carbons (Fsp3) is 0.385. The molecule has 0 atom stereocenters. The van der Waals surface area contributed by atoms with Crippen molar-refractivity contribution in [1.82, 2.24) is 20.3 Å². The number of amides is 2. The van der Waals surface area contributed by atoms with Crippen LogP contribution in [0.2, 0.25) is 0 Å². The van der Waals surface area contributed by atoms with Gasteiger partial charge < -0.3 is 15.1 Å². The topological polar surface area (TPSA) is 102 Å². The number of hydrogen-bond donors (Lipinski definition) is 2. The van der Waals surface area contributed by atoms with Gasteiger partial charge in [-0.1, -0.05) is 19.1 Å². The van der Waals surface area contributed by atoms with Crippen LogP contribution in [0.15, 0.2) is 29.0 Å². The van der Waals surface area contributed by atoms with E-state index in [-0.39, 0.29) is 24.3 Å². The summed E-state index contributed by atoms with van der Waals surface area (Å²) in [6, 6.07) is 3.53. The Labute approximate surface area is 121 Å². The van der Waals surface area contributed by atoms with Gasteiger partial charge in [-0.25, -0.2) is 4.68 Å². The standard InChI is InChI=1S/C13H17N5O3/c1-9(2)13(20)15-11-7-18(17-16-11)8-12(19)14-6-10-4-3-5-21-10/h3-5,7,9H,6,8H2,1-2H3,(H,14,19)(H,15,20). The smallest absolute Gasteiger partial charge is 0.242 e. The van der Waals surface area contributed by atoms with E-state index >= 15 is 0 Å². The fourth-order valence-corrected chi connectivity index (χ4v) is 1.51. The van der Waals surface area contributed by atoms with Gasteiger partial charge in [0.1, 0.15) is 12.3 Å². The summed E-state index contributed by atoms with van der Waals surface area (Å²) in [7, 11) is 0. The third-order valence-electron chi connectivity index (χ3n) is 2.66. The Hall–Kier alpha value is -2.64. The molecular weight excluding hydrogens is 274 g/mol. The molecule has 0 bridgehead atoms. The molecule has 0 spiro atoms. The van der Waals surface area contributed by atoms with Gasteiger partial charge in [0.15, 0.2) is 5.82 Å². The minimum atomic E-state index is -0.224. The average Bonchev–Trinajstić information content (AvgIpc) is 3.08. The molecule has 112 valence electrons. The third kappa shape index (κ3) is 4.44. The predicted molar refractivity (Wildman–Crippen MR) is 74.0 cm³/mol. The van der Waals surface area contributed by atoms with Crippen molar-refractivity contribution in [2.45, 2.75) is 26.9 Å². The first-order valence-electron chi connectivity index (χ1n) is 6.54. The second-order valence-electron chi connectivity index (χ2n) is 4.80. The minimum absolute atomic E-state index is 0.0191. The Morgan fingerprint density at radius 1 is 1.43 bits per heavy atom. The van der Waals surface area contributed by atoms with Gasteiger partial charge in [-0.3, -0.25) is 9.59 Å². The van der Waals surface area contributed by atoms with E-state index in [0.29, 0.717) is 18.1 Å². The summed E-state index contributed by atoms with van der Waals surface area (Å²) in [4.78, 5) is 23.2. The first kappa shape index (κ1) is 14.8. The lowest BCUT2D eigenvalue weighted by Gasteiger charge is -2.03. The highest BCUT2D eigenvalue weighted by molar-refractivity contribution is 5.90. The van der Waals surface area contributed by atoms with Crippen LogP contribution in [0.4, 0.5) is 5.82 Å². The van der Waals surface area contributed by atoms with Crippen LogP contribution in [0.3, 0.4) is 0 Å². The summed E-state index contributed by atoms with van der Waals surface area (Å²) >= 11 is 0.